The number of rotatable bonds is 14. The monoisotopic (exact) mass is 557 g/mol. The zero-order valence-corrected chi connectivity index (χ0v) is 22.8. The highest BCUT2D eigenvalue weighted by atomic mass is 19.1. The number of fused-ring (bicyclic) bond motifs is 1. The van der Waals surface area contributed by atoms with Gasteiger partial charge in [0.2, 0.25) is 0 Å². The number of aliphatic carboxylic acids is 2. The second-order valence-electron chi connectivity index (χ2n) is 9.49. The molecule has 41 heavy (non-hydrogen) atoms. The van der Waals surface area contributed by atoms with Gasteiger partial charge in [-0.25, -0.2) is 4.39 Å². The first-order chi connectivity index (χ1) is 19.8. The lowest BCUT2D eigenvalue weighted by atomic mass is 10.0. The Balaban J connectivity index is 1.41. The van der Waals surface area contributed by atoms with Crippen molar-refractivity contribution in [3.63, 3.8) is 0 Å². The maximum atomic E-state index is 13.2. The fourth-order valence-corrected chi connectivity index (χ4v) is 4.67. The van der Waals surface area contributed by atoms with Crippen LogP contribution in [-0.2, 0) is 22.6 Å². The van der Waals surface area contributed by atoms with Gasteiger partial charge < -0.3 is 24.3 Å². The second kappa shape index (κ2) is 14.0. The SMILES string of the molecule is Cc1c(CCCC(=O)O)c2cccc(C=Cc3ccc(OC/C=C/COc4cccc(F)c4)cc3)c2n1CC(=O)O. The normalized spacial score (nSPS) is 11.5. The van der Waals surface area contributed by atoms with Crippen LogP contribution >= 0.6 is 0 Å². The molecule has 0 aliphatic rings. The Morgan fingerprint density at radius 2 is 1.59 bits per heavy atom. The fourth-order valence-electron chi connectivity index (χ4n) is 4.67. The average molecular weight is 558 g/mol. The summed E-state index contributed by atoms with van der Waals surface area (Å²) in [6.07, 6.45) is 8.66. The first kappa shape index (κ1) is 29.1. The van der Waals surface area contributed by atoms with E-state index in [1.165, 1.54) is 12.1 Å². The highest BCUT2D eigenvalue weighted by molar-refractivity contribution is 5.95. The molecule has 4 rings (SSSR count). The Bertz CT molecular complexity index is 1570. The summed E-state index contributed by atoms with van der Waals surface area (Å²) < 4.78 is 26.2. The summed E-state index contributed by atoms with van der Waals surface area (Å²) in [5, 5.41) is 19.5. The number of hydrogen-bond donors (Lipinski definition) is 2. The van der Waals surface area contributed by atoms with Crippen LogP contribution in [0.3, 0.4) is 0 Å². The highest BCUT2D eigenvalue weighted by Crippen LogP contribution is 2.31. The minimum absolute atomic E-state index is 0.0611. The number of carboxylic acids is 2. The Kier molecular flexibility index (Phi) is 9.94. The molecule has 7 nitrogen and oxygen atoms in total. The lowest BCUT2D eigenvalue weighted by Crippen LogP contribution is -2.10. The number of hydrogen-bond acceptors (Lipinski definition) is 4. The van der Waals surface area contributed by atoms with Gasteiger partial charge in [0.1, 0.15) is 37.1 Å². The van der Waals surface area contributed by atoms with Crippen molar-refractivity contribution < 1.29 is 33.7 Å². The number of carbonyl (C=O) groups is 2. The van der Waals surface area contributed by atoms with Crippen LogP contribution in [0.2, 0.25) is 0 Å². The van der Waals surface area contributed by atoms with Gasteiger partial charge in [-0.05, 0) is 72.9 Å². The van der Waals surface area contributed by atoms with Crippen molar-refractivity contribution in [2.75, 3.05) is 13.2 Å². The lowest BCUT2D eigenvalue weighted by molar-refractivity contribution is -0.138. The lowest BCUT2D eigenvalue weighted by Gasteiger charge is -2.08. The van der Waals surface area contributed by atoms with Gasteiger partial charge >= 0.3 is 11.9 Å². The summed E-state index contributed by atoms with van der Waals surface area (Å²) in [5.41, 5.74) is 4.46. The van der Waals surface area contributed by atoms with Gasteiger partial charge in [-0.1, -0.05) is 48.6 Å². The van der Waals surface area contributed by atoms with Crippen molar-refractivity contribution in [3.05, 3.63) is 107 Å². The van der Waals surface area contributed by atoms with E-state index >= 15 is 0 Å². The Hall–Kier alpha value is -4.85. The number of nitrogens with zero attached hydrogens (tertiary/aromatic N) is 1. The number of ether oxygens (including phenoxy) is 2. The van der Waals surface area contributed by atoms with Gasteiger partial charge in [-0.2, -0.15) is 0 Å². The molecule has 0 fully saturated rings. The zero-order valence-electron chi connectivity index (χ0n) is 22.8. The third-order valence-electron chi connectivity index (χ3n) is 6.61. The minimum Gasteiger partial charge on any atom is -0.490 e. The Labute approximate surface area is 237 Å². The molecule has 0 atom stereocenters. The van der Waals surface area contributed by atoms with E-state index < -0.39 is 11.9 Å². The van der Waals surface area contributed by atoms with Crippen molar-refractivity contribution in [1.29, 1.82) is 0 Å². The van der Waals surface area contributed by atoms with Crippen LogP contribution in [0.1, 0.15) is 35.2 Å². The maximum absolute atomic E-state index is 13.2. The Morgan fingerprint density at radius 3 is 2.27 bits per heavy atom. The molecule has 2 N–H and O–H groups in total. The molecular weight excluding hydrogens is 525 g/mol. The molecule has 0 saturated heterocycles. The molecule has 1 aromatic heterocycles. The van der Waals surface area contributed by atoms with Crippen molar-refractivity contribution in [2.24, 2.45) is 0 Å². The second-order valence-corrected chi connectivity index (χ2v) is 9.49. The van der Waals surface area contributed by atoms with Crippen LogP contribution in [0.15, 0.2) is 78.9 Å². The zero-order chi connectivity index (χ0) is 29.2. The molecule has 0 bridgehead atoms. The van der Waals surface area contributed by atoms with Crippen molar-refractivity contribution in [1.82, 2.24) is 4.57 Å². The summed E-state index contributed by atoms with van der Waals surface area (Å²) >= 11 is 0. The summed E-state index contributed by atoms with van der Waals surface area (Å²) in [7, 11) is 0. The summed E-state index contributed by atoms with van der Waals surface area (Å²) in [4.78, 5) is 22.7. The third-order valence-corrected chi connectivity index (χ3v) is 6.61. The molecule has 3 aromatic carbocycles. The predicted octanol–water partition coefficient (Wildman–Crippen LogP) is 6.77. The number of aromatic nitrogens is 1. The molecule has 4 aromatic rings. The van der Waals surface area contributed by atoms with Crippen LogP contribution in [0.5, 0.6) is 11.5 Å². The van der Waals surface area contributed by atoms with E-state index in [2.05, 4.69) is 0 Å². The van der Waals surface area contributed by atoms with E-state index in [4.69, 9.17) is 14.6 Å². The molecule has 0 spiro atoms. The van der Waals surface area contributed by atoms with Crippen molar-refractivity contribution in [2.45, 2.75) is 32.7 Å². The van der Waals surface area contributed by atoms with Crippen LogP contribution in [0, 0.1) is 12.7 Å². The Morgan fingerprint density at radius 1 is 0.878 bits per heavy atom. The first-order valence-corrected chi connectivity index (χ1v) is 13.3. The molecule has 8 heteroatoms. The van der Waals surface area contributed by atoms with Crippen LogP contribution < -0.4 is 9.47 Å². The number of carboxylic acid groups (broad SMARTS) is 2. The van der Waals surface area contributed by atoms with Gasteiger partial charge in [0.15, 0.2) is 0 Å². The van der Waals surface area contributed by atoms with E-state index in [1.54, 1.807) is 16.7 Å². The number of benzene rings is 3. The van der Waals surface area contributed by atoms with Crippen molar-refractivity contribution >= 4 is 35.0 Å². The van der Waals surface area contributed by atoms with E-state index in [-0.39, 0.29) is 18.8 Å². The molecular formula is C33H32FNO6. The molecule has 0 saturated carbocycles. The quantitative estimate of drug-likeness (QED) is 0.131. The van der Waals surface area contributed by atoms with E-state index in [1.807, 2.05) is 73.7 Å². The third kappa shape index (κ3) is 8.08. The van der Waals surface area contributed by atoms with Gasteiger partial charge in [0.25, 0.3) is 0 Å². The van der Waals surface area contributed by atoms with Gasteiger partial charge in [-0.15, -0.1) is 0 Å². The number of aryl methyl sites for hydroxylation is 1. The first-order valence-electron chi connectivity index (χ1n) is 13.3. The molecule has 1 heterocycles. The van der Waals surface area contributed by atoms with Gasteiger partial charge in [-0.3, -0.25) is 9.59 Å². The van der Waals surface area contributed by atoms with E-state index in [0.29, 0.717) is 37.6 Å². The minimum atomic E-state index is -0.939. The van der Waals surface area contributed by atoms with Crippen LogP contribution in [0.4, 0.5) is 4.39 Å². The molecule has 0 aliphatic heterocycles. The van der Waals surface area contributed by atoms with Crippen LogP contribution in [0.25, 0.3) is 23.1 Å². The molecule has 0 radical (unpaired) electrons. The molecule has 0 unspecified atom stereocenters. The molecule has 0 aliphatic carbocycles. The number of para-hydroxylation sites is 1. The topological polar surface area (TPSA) is 98.0 Å². The molecule has 212 valence electrons. The van der Waals surface area contributed by atoms with E-state index in [0.717, 1.165) is 33.3 Å². The van der Waals surface area contributed by atoms with Gasteiger partial charge in [0, 0.05) is 23.6 Å². The summed E-state index contributed by atoms with van der Waals surface area (Å²) in [6.45, 7) is 2.38. The van der Waals surface area contributed by atoms with E-state index in [9.17, 15) is 19.1 Å². The largest absolute Gasteiger partial charge is 0.490 e. The van der Waals surface area contributed by atoms with Crippen molar-refractivity contribution in [3.8, 4) is 11.5 Å². The fraction of sp³-hybridized carbons (Fsp3) is 0.212. The predicted molar refractivity (Wildman–Crippen MR) is 157 cm³/mol. The van der Waals surface area contributed by atoms with Crippen LogP contribution in [-0.4, -0.2) is 39.9 Å². The molecule has 0 amide bonds. The average Bonchev–Trinajstić information content (AvgIpc) is 3.20. The highest BCUT2D eigenvalue weighted by Gasteiger charge is 2.18. The maximum Gasteiger partial charge on any atom is 0.323 e. The van der Waals surface area contributed by atoms with Gasteiger partial charge in [0.05, 0.1) is 5.52 Å². The standard InChI is InChI=1S/C33H32FNO6/c1-23-29(10-6-12-31(36)37)30-11-4-7-25(33(30)35(23)22-32(38)39)16-13-24-14-17-27(18-15-24)40-19-2-3-20-41-28-9-5-8-26(34)21-28/h2-5,7-9,11,13-18,21H,6,10,12,19-20,22H2,1H3,(H,36,37)(H,38,39)/b3-2+,16-13?. The summed E-state index contributed by atoms with van der Waals surface area (Å²) in [6, 6.07) is 19.4. The number of halogens is 1. The summed E-state index contributed by atoms with van der Waals surface area (Å²) in [5.74, 6) is -0.952. The smallest absolute Gasteiger partial charge is 0.323 e.